The average molecular weight is 484 g/mol. The monoisotopic (exact) mass is 483 g/mol. The van der Waals surface area contributed by atoms with Crippen molar-refractivity contribution < 1.29 is 36.6 Å². The second-order valence-electron chi connectivity index (χ2n) is 6.60. The molecule has 0 saturated heterocycles. The van der Waals surface area contributed by atoms with Gasteiger partial charge in [-0.15, -0.1) is 0 Å². The maximum atomic E-state index is 13.8. The van der Waals surface area contributed by atoms with E-state index in [1.54, 1.807) is 6.92 Å². The Balaban J connectivity index is 2.87. The number of ether oxygens (including phenoxy) is 2. The highest BCUT2D eigenvalue weighted by Gasteiger charge is 2.42. The first kappa shape index (κ1) is 25.0. The van der Waals surface area contributed by atoms with E-state index in [0.29, 0.717) is 12.5 Å². The number of hydrogen-bond acceptors (Lipinski definition) is 5. The Kier molecular flexibility index (Phi) is 7.99. The van der Waals surface area contributed by atoms with Crippen LogP contribution in [0.3, 0.4) is 0 Å². The van der Waals surface area contributed by atoms with Crippen LogP contribution in [0.4, 0.5) is 17.6 Å². The Hall–Kier alpha value is -2.26. The molecular weight excluding hydrogens is 465 g/mol. The summed E-state index contributed by atoms with van der Waals surface area (Å²) in [5, 5.41) is 1.48. The number of hydrogen-bond donors (Lipinski definition) is 1. The Morgan fingerprint density at radius 2 is 1.81 bits per heavy atom. The number of benzene rings is 1. The van der Waals surface area contributed by atoms with Gasteiger partial charge in [-0.1, -0.05) is 30.1 Å². The molecule has 0 fully saturated rings. The zero-order valence-corrected chi connectivity index (χ0v) is 18.3. The molecule has 1 atom stereocenters. The quantitative estimate of drug-likeness (QED) is 0.438. The molecule has 0 amide bonds. The van der Waals surface area contributed by atoms with Gasteiger partial charge in [-0.05, 0) is 31.0 Å². The van der Waals surface area contributed by atoms with E-state index in [0.717, 1.165) is 13.2 Å². The summed E-state index contributed by atoms with van der Waals surface area (Å²) in [4.78, 5) is 25.3. The van der Waals surface area contributed by atoms with Gasteiger partial charge in [-0.2, -0.15) is 13.2 Å². The standard InChI is InChI=1S/C20H19Cl2F4NO4/c1-4-5-31-19(29)14-9(2)27-13(8-23)16(18(28)30-3)15(14)11-6-10(21)7-12(17(11)22)20(24,25)26/h6-7,15,27H,4-5,8H2,1-3H3. The van der Waals surface area contributed by atoms with Crippen LogP contribution in [0, 0.1) is 0 Å². The topological polar surface area (TPSA) is 64.6 Å². The Morgan fingerprint density at radius 3 is 2.32 bits per heavy atom. The second-order valence-corrected chi connectivity index (χ2v) is 7.42. The van der Waals surface area contributed by atoms with Gasteiger partial charge in [0.15, 0.2) is 0 Å². The predicted octanol–water partition coefficient (Wildman–Crippen LogP) is 5.32. The van der Waals surface area contributed by atoms with Gasteiger partial charge in [0, 0.05) is 10.7 Å². The van der Waals surface area contributed by atoms with Crippen molar-refractivity contribution in [2.45, 2.75) is 32.4 Å². The molecule has 0 spiro atoms. The summed E-state index contributed by atoms with van der Waals surface area (Å²) in [5.74, 6) is -3.46. The zero-order chi connectivity index (χ0) is 23.5. The lowest BCUT2D eigenvalue weighted by molar-refractivity contribution is -0.139. The third-order valence-electron chi connectivity index (χ3n) is 4.52. The highest BCUT2D eigenvalue weighted by Crippen LogP contribution is 2.46. The number of carbonyl (C=O) groups excluding carboxylic acids is 2. The number of esters is 2. The molecule has 1 aromatic rings. The number of methoxy groups -OCH3 is 1. The predicted molar refractivity (Wildman–Crippen MR) is 106 cm³/mol. The molecule has 31 heavy (non-hydrogen) atoms. The highest BCUT2D eigenvalue weighted by molar-refractivity contribution is 6.34. The van der Waals surface area contributed by atoms with Crippen molar-refractivity contribution in [3.05, 3.63) is 55.8 Å². The van der Waals surface area contributed by atoms with Gasteiger partial charge in [0.1, 0.15) is 6.67 Å². The highest BCUT2D eigenvalue weighted by atomic mass is 35.5. The molecule has 170 valence electrons. The van der Waals surface area contributed by atoms with E-state index in [2.05, 4.69) is 5.32 Å². The summed E-state index contributed by atoms with van der Waals surface area (Å²) in [6.07, 6.45) is -4.40. The first-order valence-electron chi connectivity index (χ1n) is 9.06. The first-order chi connectivity index (χ1) is 14.5. The summed E-state index contributed by atoms with van der Waals surface area (Å²) in [5.41, 5.74) is -2.36. The van der Waals surface area contributed by atoms with Crippen molar-refractivity contribution in [3.63, 3.8) is 0 Å². The van der Waals surface area contributed by atoms with Crippen LogP contribution in [0.5, 0.6) is 0 Å². The van der Waals surface area contributed by atoms with Crippen LogP contribution in [0.1, 0.15) is 37.3 Å². The number of halogens is 6. The van der Waals surface area contributed by atoms with Gasteiger partial charge in [-0.25, -0.2) is 14.0 Å². The second kappa shape index (κ2) is 9.91. The Labute approximate surface area is 186 Å². The van der Waals surface area contributed by atoms with Gasteiger partial charge in [0.25, 0.3) is 0 Å². The number of allylic oxidation sites excluding steroid dienone is 2. The third-order valence-corrected chi connectivity index (χ3v) is 5.16. The Bertz CT molecular complexity index is 957. The average Bonchev–Trinajstić information content (AvgIpc) is 2.71. The van der Waals surface area contributed by atoms with Crippen LogP contribution in [-0.4, -0.2) is 32.3 Å². The fourth-order valence-electron chi connectivity index (χ4n) is 3.23. The van der Waals surface area contributed by atoms with Crippen molar-refractivity contribution in [2.24, 2.45) is 0 Å². The Morgan fingerprint density at radius 1 is 1.16 bits per heavy atom. The number of dihydropyridines is 1. The van der Waals surface area contributed by atoms with Crippen molar-refractivity contribution in [1.29, 1.82) is 0 Å². The molecule has 1 aromatic carbocycles. The molecule has 1 N–H and O–H groups in total. The van der Waals surface area contributed by atoms with Gasteiger partial charge in [0.05, 0.1) is 47.1 Å². The molecule has 0 aliphatic carbocycles. The largest absolute Gasteiger partial charge is 0.466 e. The molecule has 0 aromatic heterocycles. The van der Waals surface area contributed by atoms with E-state index in [1.807, 2.05) is 0 Å². The molecule has 11 heteroatoms. The minimum absolute atomic E-state index is 0.0205. The van der Waals surface area contributed by atoms with Gasteiger partial charge in [-0.3, -0.25) is 0 Å². The van der Waals surface area contributed by atoms with E-state index in [4.69, 9.17) is 32.7 Å². The maximum absolute atomic E-state index is 13.8. The van der Waals surface area contributed by atoms with Crippen LogP contribution in [0.15, 0.2) is 34.7 Å². The molecule has 5 nitrogen and oxygen atoms in total. The molecule has 1 aliphatic heterocycles. The molecule has 2 rings (SSSR count). The van der Waals surface area contributed by atoms with E-state index in [-0.39, 0.29) is 34.2 Å². The fourth-order valence-corrected chi connectivity index (χ4v) is 3.79. The van der Waals surface area contributed by atoms with Crippen LogP contribution in [0.25, 0.3) is 0 Å². The fraction of sp³-hybridized carbons (Fsp3) is 0.400. The minimum Gasteiger partial charge on any atom is -0.466 e. The van der Waals surface area contributed by atoms with E-state index in [1.165, 1.54) is 6.92 Å². The first-order valence-corrected chi connectivity index (χ1v) is 9.81. The molecule has 1 aliphatic rings. The molecule has 1 heterocycles. The molecule has 0 saturated carbocycles. The van der Waals surface area contributed by atoms with Gasteiger partial charge < -0.3 is 14.8 Å². The number of nitrogens with one attached hydrogen (secondary N) is 1. The number of rotatable bonds is 6. The zero-order valence-electron chi connectivity index (χ0n) is 16.8. The van der Waals surface area contributed by atoms with Gasteiger partial charge >= 0.3 is 18.1 Å². The normalized spacial score (nSPS) is 16.9. The molecule has 0 radical (unpaired) electrons. The lowest BCUT2D eigenvalue weighted by Crippen LogP contribution is -2.34. The van der Waals surface area contributed by atoms with Gasteiger partial charge in [0.2, 0.25) is 0 Å². The number of carbonyl (C=O) groups is 2. The van der Waals surface area contributed by atoms with Crippen molar-refractivity contribution in [2.75, 3.05) is 20.4 Å². The lowest BCUT2D eigenvalue weighted by atomic mass is 9.79. The van der Waals surface area contributed by atoms with E-state index in [9.17, 15) is 27.2 Å². The minimum atomic E-state index is -4.87. The smallest absolute Gasteiger partial charge is 0.417 e. The maximum Gasteiger partial charge on any atom is 0.417 e. The van der Waals surface area contributed by atoms with Crippen LogP contribution in [0.2, 0.25) is 10.0 Å². The molecular formula is C20H19Cl2F4NO4. The molecule has 0 bridgehead atoms. The summed E-state index contributed by atoms with van der Waals surface area (Å²) < 4.78 is 64.2. The van der Waals surface area contributed by atoms with E-state index >= 15 is 0 Å². The SMILES string of the molecule is CCCOC(=O)C1=C(C)NC(CF)=C(C(=O)OC)C1c1cc(Cl)cc(C(F)(F)F)c1Cl. The van der Waals surface area contributed by atoms with Crippen molar-refractivity contribution in [3.8, 4) is 0 Å². The van der Waals surface area contributed by atoms with Crippen LogP contribution < -0.4 is 5.32 Å². The number of alkyl halides is 4. The lowest BCUT2D eigenvalue weighted by Gasteiger charge is -2.31. The summed E-state index contributed by atoms with van der Waals surface area (Å²) >= 11 is 12.0. The summed E-state index contributed by atoms with van der Waals surface area (Å²) in [6.45, 7) is 1.99. The van der Waals surface area contributed by atoms with Crippen LogP contribution >= 0.6 is 23.2 Å². The van der Waals surface area contributed by atoms with Crippen molar-refractivity contribution >= 4 is 35.1 Å². The van der Waals surface area contributed by atoms with Crippen molar-refractivity contribution in [1.82, 2.24) is 5.32 Å². The molecule has 1 unspecified atom stereocenters. The van der Waals surface area contributed by atoms with E-state index < -0.39 is 46.9 Å². The van der Waals surface area contributed by atoms with Crippen LogP contribution in [-0.2, 0) is 25.2 Å². The summed E-state index contributed by atoms with van der Waals surface area (Å²) in [6, 6.07) is 1.71. The summed E-state index contributed by atoms with van der Waals surface area (Å²) in [7, 11) is 1.02. The third kappa shape index (κ3) is 5.15.